The van der Waals surface area contributed by atoms with Crippen LogP contribution in [0, 0.1) is 16.0 Å². The van der Waals surface area contributed by atoms with E-state index in [1.165, 1.54) is 6.07 Å². The average molecular weight is 347 g/mol. The molecule has 136 valence electrons. The van der Waals surface area contributed by atoms with Crippen molar-refractivity contribution in [2.45, 2.75) is 50.7 Å². The number of anilines is 1. The highest BCUT2D eigenvalue weighted by atomic mass is 16.6. The number of aliphatic hydroxyl groups excluding tert-OH is 1. The van der Waals surface area contributed by atoms with E-state index in [1.807, 2.05) is 0 Å². The third-order valence-corrected chi connectivity index (χ3v) is 5.10. The topological polar surface area (TPSA) is 95.7 Å². The molecule has 0 aromatic heterocycles. The van der Waals surface area contributed by atoms with Crippen molar-refractivity contribution < 1.29 is 14.8 Å². The van der Waals surface area contributed by atoms with Crippen LogP contribution in [0.5, 0.6) is 0 Å². The molecule has 0 spiro atoms. The first kappa shape index (κ1) is 17.7. The number of nitro groups is 1. The van der Waals surface area contributed by atoms with Crippen LogP contribution in [0.3, 0.4) is 0 Å². The molecule has 2 atom stereocenters. The molecule has 2 aliphatic rings. The smallest absolute Gasteiger partial charge is 0.293 e. The standard InChI is InChI=1S/C18H25N3O4/c1-20(11-13-4-2-3-5-17(13)22)18(23)12-6-9-15(19-14-7-8-14)16(10-12)21(24)25/h6,9-10,13-14,17,19,22H,2-5,7-8,11H2,1H3. The van der Waals surface area contributed by atoms with E-state index in [9.17, 15) is 20.0 Å². The maximum absolute atomic E-state index is 12.6. The first-order valence-corrected chi connectivity index (χ1v) is 8.94. The van der Waals surface area contributed by atoms with Gasteiger partial charge in [0, 0.05) is 37.2 Å². The van der Waals surface area contributed by atoms with Crippen LogP contribution in [0.25, 0.3) is 0 Å². The predicted octanol–water partition coefficient (Wildman–Crippen LogP) is 2.79. The van der Waals surface area contributed by atoms with Gasteiger partial charge < -0.3 is 15.3 Å². The minimum Gasteiger partial charge on any atom is -0.393 e. The van der Waals surface area contributed by atoms with E-state index in [2.05, 4.69) is 5.32 Å². The summed E-state index contributed by atoms with van der Waals surface area (Å²) >= 11 is 0. The van der Waals surface area contributed by atoms with E-state index in [-0.39, 0.29) is 23.6 Å². The Morgan fingerprint density at radius 3 is 2.68 bits per heavy atom. The Labute approximate surface area is 147 Å². The van der Waals surface area contributed by atoms with Gasteiger partial charge in [0.2, 0.25) is 0 Å². The Kier molecular flexibility index (Phi) is 5.22. The zero-order valence-electron chi connectivity index (χ0n) is 14.5. The minimum atomic E-state index is -0.452. The summed E-state index contributed by atoms with van der Waals surface area (Å²) < 4.78 is 0. The summed E-state index contributed by atoms with van der Waals surface area (Å²) in [5.74, 6) is -0.174. The lowest BCUT2D eigenvalue weighted by Crippen LogP contribution is -2.38. The predicted molar refractivity (Wildman–Crippen MR) is 94.7 cm³/mol. The number of hydrogen-bond acceptors (Lipinski definition) is 5. The number of amides is 1. The maximum Gasteiger partial charge on any atom is 0.293 e. The van der Waals surface area contributed by atoms with E-state index >= 15 is 0 Å². The Hall–Kier alpha value is -2.15. The lowest BCUT2D eigenvalue weighted by atomic mass is 9.86. The molecule has 1 aromatic rings. The quantitative estimate of drug-likeness (QED) is 0.609. The van der Waals surface area contributed by atoms with Gasteiger partial charge in [-0.3, -0.25) is 14.9 Å². The largest absolute Gasteiger partial charge is 0.393 e. The van der Waals surface area contributed by atoms with Gasteiger partial charge in [-0.25, -0.2) is 0 Å². The normalized spacial score (nSPS) is 23.1. The zero-order valence-corrected chi connectivity index (χ0v) is 14.5. The molecular formula is C18H25N3O4. The summed E-state index contributed by atoms with van der Waals surface area (Å²) in [5.41, 5.74) is 0.708. The van der Waals surface area contributed by atoms with Gasteiger partial charge in [-0.2, -0.15) is 0 Å². The van der Waals surface area contributed by atoms with Crippen molar-refractivity contribution in [1.29, 1.82) is 0 Å². The van der Waals surface area contributed by atoms with Crippen LogP contribution in [0.1, 0.15) is 48.9 Å². The van der Waals surface area contributed by atoms with Crippen molar-refractivity contribution in [3.63, 3.8) is 0 Å². The van der Waals surface area contributed by atoms with Crippen molar-refractivity contribution in [2.75, 3.05) is 18.9 Å². The Bertz CT molecular complexity index is 660. The Morgan fingerprint density at radius 2 is 2.04 bits per heavy atom. The van der Waals surface area contributed by atoms with Gasteiger partial charge in [0.05, 0.1) is 11.0 Å². The summed E-state index contributed by atoms with van der Waals surface area (Å²) in [6, 6.07) is 4.90. The van der Waals surface area contributed by atoms with Gasteiger partial charge in [-0.05, 0) is 37.8 Å². The second kappa shape index (κ2) is 7.39. The summed E-state index contributed by atoms with van der Waals surface area (Å²) in [6.45, 7) is 0.468. The van der Waals surface area contributed by atoms with E-state index < -0.39 is 4.92 Å². The molecule has 7 heteroatoms. The van der Waals surface area contributed by atoms with Gasteiger partial charge in [0.25, 0.3) is 11.6 Å². The molecule has 1 aromatic carbocycles. The molecule has 1 amide bonds. The van der Waals surface area contributed by atoms with Crippen molar-refractivity contribution in [3.05, 3.63) is 33.9 Å². The molecule has 2 fully saturated rings. The summed E-state index contributed by atoms with van der Waals surface area (Å²) in [7, 11) is 1.69. The Morgan fingerprint density at radius 1 is 1.32 bits per heavy atom. The number of benzene rings is 1. The summed E-state index contributed by atoms with van der Waals surface area (Å²) in [6.07, 6.45) is 5.44. The molecule has 2 saturated carbocycles. The van der Waals surface area contributed by atoms with E-state index in [1.54, 1.807) is 24.1 Å². The van der Waals surface area contributed by atoms with Crippen LogP contribution >= 0.6 is 0 Å². The lowest BCUT2D eigenvalue weighted by Gasteiger charge is -2.31. The van der Waals surface area contributed by atoms with Gasteiger partial charge in [-0.1, -0.05) is 12.8 Å². The number of hydrogen-bond donors (Lipinski definition) is 2. The molecule has 2 unspecified atom stereocenters. The molecule has 0 saturated heterocycles. The second-order valence-electron chi connectivity index (χ2n) is 7.21. The molecule has 0 aliphatic heterocycles. The van der Waals surface area contributed by atoms with Crippen molar-refractivity contribution in [1.82, 2.24) is 4.90 Å². The lowest BCUT2D eigenvalue weighted by molar-refractivity contribution is -0.384. The molecule has 0 bridgehead atoms. The fraction of sp³-hybridized carbons (Fsp3) is 0.611. The molecule has 0 radical (unpaired) electrons. The van der Waals surface area contributed by atoms with E-state index in [0.29, 0.717) is 23.8 Å². The van der Waals surface area contributed by atoms with Crippen LogP contribution in [-0.4, -0.2) is 46.6 Å². The summed E-state index contributed by atoms with van der Waals surface area (Å²) in [5, 5.41) is 24.5. The molecule has 7 nitrogen and oxygen atoms in total. The number of rotatable bonds is 6. The van der Waals surface area contributed by atoms with Gasteiger partial charge in [0.1, 0.15) is 5.69 Å². The van der Waals surface area contributed by atoms with Crippen LogP contribution < -0.4 is 5.32 Å². The van der Waals surface area contributed by atoms with Crippen molar-refractivity contribution in [3.8, 4) is 0 Å². The first-order valence-electron chi connectivity index (χ1n) is 8.94. The molecule has 3 rings (SSSR count). The molecule has 2 N–H and O–H groups in total. The minimum absolute atomic E-state index is 0.0659. The molecule has 2 aliphatic carbocycles. The monoisotopic (exact) mass is 347 g/mol. The number of nitrogens with one attached hydrogen (secondary N) is 1. The van der Waals surface area contributed by atoms with Crippen LogP contribution in [-0.2, 0) is 0 Å². The maximum atomic E-state index is 12.6. The van der Waals surface area contributed by atoms with Crippen LogP contribution in [0.15, 0.2) is 18.2 Å². The average Bonchev–Trinajstić information content (AvgIpc) is 3.40. The fourth-order valence-corrected chi connectivity index (χ4v) is 3.44. The van der Waals surface area contributed by atoms with E-state index in [0.717, 1.165) is 38.5 Å². The first-order chi connectivity index (χ1) is 12.0. The van der Waals surface area contributed by atoms with Gasteiger partial charge >= 0.3 is 0 Å². The SMILES string of the molecule is CN(CC1CCCCC1O)C(=O)c1ccc(NC2CC2)c([N+](=O)[O-])c1. The number of carbonyl (C=O) groups excluding carboxylic acids is 1. The van der Waals surface area contributed by atoms with Crippen LogP contribution in [0.4, 0.5) is 11.4 Å². The highest BCUT2D eigenvalue weighted by molar-refractivity contribution is 5.95. The fourth-order valence-electron chi connectivity index (χ4n) is 3.44. The second-order valence-corrected chi connectivity index (χ2v) is 7.21. The molecule has 0 heterocycles. The summed E-state index contributed by atoms with van der Waals surface area (Å²) in [4.78, 5) is 25.1. The third-order valence-electron chi connectivity index (χ3n) is 5.10. The van der Waals surface area contributed by atoms with Crippen LogP contribution in [0.2, 0.25) is 0 Å². The molecular weight excluding hydrogens is 322 g/mol. The van der Waals surface area contributed by atoms with Crippen molar-refractivity contribution in [2.24, 2.45) is 5.92 Å². The number of nitro benzene ring substituents is 1. The zero-order chi connectivity index (χ0) is 18.0. The van der Waals surface area contributed by atoms with Crippen molar-refractivity contribution >= 4 is 17.3 Å². The van der Waals surface area contributed by atoms with Gasteiger partial charge in [0.15, 0.2) is 0 Å². The highest BCUT2D eigenvalue weighted by Gasteiger charge is 2.28. The third kappa shape index (κ3) is 4.28. The van der Waals surface area contributed by atoms with Gasteiger partial charge in [-0.15, -0.1) is 0 Å². The number of aliphatic hydroxyl groups is 1. The van der Waals surface area contributed by atoms with E-state index in [4.69, 9.17) is 0 Å². The highest BCUT2D eigenvalue weighted by Crippen LogP contribution is 2.32. The number of nitrogens with zero attached hydrogens (tertiary/aromatic N) is 2. The number of carbonyl (C=O) groups is 1. The molecule has 25 heavy (non-hydrogen) atoms. The Balaban J connectivity index is 1.71.